The second-order valence-electron chi connectivity index (χ2n) is 3.37. The molecule has 1 unspecified atom stereocenters. The van der Waals surface area contributed by atoms with Gasteiger partial charge in [-0.2, -0.15) is 0 Å². The van der Waals surface area contributed by atoms with Gasteiger partial charge >= 0.3 is 0 Å². The van der Waals surface area contributed by atoms with Gasteiger partial charge in [0.25, 0.3) is 0 Å². The molecule has 1 aliphatic heterocycles. The van der Waals surface area contributed by atoms with E-state index in [9.17, 15) is 4.39 Å². The Labute approximate surface area is 77.2 Å². The van der Waals surface area contributed by atoms with E-state index >= 15 is 0 Å². The number of nitrogens with one attached hydrogen (secondary N) is 2. The maximum absolute atomic E-state index is 12.8. The Hall–Kier alpha value is -1.09. The highest BCUT2D eigenvalue weighted by atomic mass is 19.1. The van der Waals surface area contributed by atoms with E-state index in [2.05, 4.69) is 10.6 Å². The zero-order valence-corrected chi connectivity index (χ0v) is 7.60. The summed E-state index contributed by atoms with van der Waals surface area (Å²) in [5.41, 5.74) is 2.12. The molecule has 0 spiro atoms. The lowest BCUT2D eigenvalue weighted by Gasteiger charge is -2.25. The van der Waals surface area contributed by atoms with Crippen molar-refractivity contribution in [2.24, 2.45) is 0 Å². The van der Waals surface area contributed by atoms with Gasteiger partial charge < -0.3 is 10.6 Å². The highest BCUT2D eigenvalue weighted by Crippen LogP contribution is 2.22. The van der Waals surface area contributed by atoms with Crippen molar-refractivity contribution in [1.29, 1.82) is 0 Å². The van der Waals surface area contributed by atoms with Crippen LogP contribution in [-0.2, 0) is 6.42 Å². The van der Waals surface area contributed by atoms with Crippen LogP contribution >= 0.6 is 0 Å². The van der Waals surface area contributed by atoms with Crippen LogP contribution < -0.4 is 10.6 Å². The Balaban J connectivity index is 2.26. The van der Waals surface area contributed by atoms with E-state index in [1.807, 2.05) is 13.1 Å². The summed E-state index contributed by atoms with van der Waals surface area (Å²) in [6, 6.07) is 5.37. The third kappa shape index (κ3) is 1.65. The van der Waals surface area contributed by atoms with Crippen LogP contribution in [0.25, 0.3) is 0 Å². The maximum atomic E-state index is 12.8. The lowest BCUT2D eigenvalue weighted by atomic mass is 10.00. The van der Waals surface area contributed by atoms with Gasteiger partial charge in [-0.15, -0.1) is 0 Å². The van der Waals surface area contributed by atoms with Crippen LogP contribution in [0, 0.1) is 5.82 Å². The van der Waals surface area contributed by atoms with E-state index in [4.69, 9.17) is 0 Å². The Morgan fingerprint density at radius 2 is 2.38 bits per heavy atom. The second kappa shape index (κ2) is 3.34. The standard InChI is InChI=1S/C10H13FN2/c1-12-9-4-7-2-3-8(11)5-10(7)13-6-9/h2-3,5,9,12-13H,4,6H2,1H3. The first-order valence-corrected chi connectivity index (χ1v) is 4.49. The van der Waals surface area contributed by atoms with Gasteiger partial charge in [-0.3, -0.25) is 0 Å². The first kappa shape index (κ1) is 8.51. The van der Waals surface area contributed by atoms with Gasteiger partial charge in [-0.1, -0.05) is 6.07 Å². The van der Waals surface area contributed by atoms with E-state index in [-0.39, 0.29) is 5.82 Å². The van der Waals surface area contributed by atoms with Crippen LogP contribution in [0.1, 0.15) is 5.56 Å². The first-order chi connectivity index (χ1) is 6.29. The van der Waals surface area contributed by atoms with Crippen LogP contribution in [0.2, 0.25) is 0 Å². The topological polar surface area (TPSA) is 24.1 Å². The molecule has 0 amide bonds. The summed E-state index contributed by atoms with van der Waals surface area (Å²) in [5, 5.41) is 6.41. The molecular formula is C10H13FN2. The molecule has 0 aromatic heterocycles. The zero-order chi connectivity index (χ0) is 9.26. The SMILES string of the molecule is CNC1CNc2cc(F)ccc2C1. The van der Waals surface area contributed by atoms with Crippen molar-refractivity contribution in [3.8, 4) is 0 Å². The molecule has 0 radical (unpaired) electrons. The Morgan fingerprint density at radius 1 is 1.54 bits per heavy atom. The van der Waals surface area contributed by atoms with Crippen molar-refractivity contribution in [2.45, 2.75) is 12.5 Å². The van der Waals surface area contributed by atoms with Crippen molar-refractivity contribution < 1.29 is 4.39 Å². The van der Waals surface area contributed by atoms with E-state index in [0.717, 1.165) is 18.7 Å². The van der Waals surface area contributed by atoms with Crippen LogP contribution in [-0.4, -0.2) is 19.6 Å². The molecule has 70 valence electrons. The number of hydrogen-bond donors (Lipinski definition) is 2. The number of rotatable bonds is 1. The zero-order valence-electron chi connectivity index (χ0n) is 7.60. The Morgan fingerprint density at radius 3 is 3.15 bits per heavy atom. The third-order valence-electron chi connectivity index (χ3n) is 2.49. The normalized spacial score (nSPS) is 20.6. The average molecular weight is 180 g/mol. The molecule has 0 fully saturated rings. The highest BCUT2D eigenvalue weighted by Gasteiger charge is 2.16. The molecule has 1 aliphatic rings. The molecule has 2 N–H and O–H groups in total. The van der Waals surface area contributed by atoms with Gasteiger partial charge in [-0.25, -0.2) is 4.39 Å². The lowest BCUT2D eigenvalue weighted by molar-refractivity contribution is 0.566. The minimum absolute atomic E-state index is 0.172. The molecule has 1 aromatic carbocycles. The summed E-state index contributed by atoms with van der Waals surface area (Å²) in [6.07, 6.45) is 0.971. The monoisotopic (exact) mass is 180 g/mol. The van der Waals surface area contributed by atoms with Crippen molar-refractivity contribution in [2.75, 3.05) is 18.9 Å². The summed E-state index contributed by atoms with van der Waals surface area (Å²) < 4.78 is 12.8. The number of fused-ring (bicyclic) bond motifs is 1. The van der Waals surface area contributed by atoms with Crippen LogP contribution in [0.5, 0.6) is 0 Å². The summed E-state index contributed by atoms with van der Waals surface area (Å²) in [5.74, 6) is -0.172. The molecular weight excluding hydrogens is 167 g/mol. The van der Waals surface area contributed by atoms with E-state index in [0.29, 0.717) is 6.04 Å². The number of likely N-dealkylation sites (N-methyl/N-ethyl adjacent to an activating group) is 1. The third-order valence-corrected chi connectivity index (χ3v) is 2.49. The van der Waals surface area contributed by atoms with Gasteiger partial charge in [0.1, 0.15) is 5.82 Å². The van der Waals surface area contributed by atoms with E-state index in [1.165, 1.54) is 11.6 Å². The van der Waals surface area contributed by atoms with Crippen LogP contribution in [0.15, 0.2) is 18.2 Å². The molecule has 0 saturated heterocycles. The molecule has 0 saturated carbocycles. The second-order valence-corrected chi connectivity index (χ2v) is 3.37. The summed E-state index contributed by atoms with van der Waals surface area (Å²) in [4.78, 5) is 0. The molecule has 1 aromatic rings. The van der Waals surface area contributed by atoms with Crippen molar-refractivity contribution >= 4 is 5.69 Å². The quantitative estimate of drug-likeness (QED) is 0.682. The van der Waals surface area contributed by atoms with Gasteiger partial charge in [0.2, 0.25) is 0 Å². The van der Waals surface area contributed by atoms with E-state index < -0.39 is 0 Å². The molecule has 1 heterocycles. The largest absolute Gasteiger partial charge is 0.383 e. The molecule has 13 heavy (non-hydrogen) atoms. The lowest BCUT2D eigenvalue weighted by Crippen LogP contribution is -2.38. The van der Waals surface area contributed by atoms with Crippen LogP contribution in [0.4, 0.5) is 10.1 Å². The smallest absolute Gasteiger partial charge is 0.125 e. The minimum atomic E-state index is -0.172. The fourth-order valence-electron chi connectivity index (χ4n) is 1.67. The molecule has 1 atom stereocenters. The molecule has 2 nitrogen and oxygen atoms in total. The Kier molecular flexibility index (Phi) is 2.19. The highest BCUT2D eigenvalue weighted by molar-refractivity contribution is 5.53. The summed E-state index contributed by atoms with van der Waals surface area (Å²) >= 11 is 0. The maximum Gasteiger partial charge on any atom is 0.125 e. The van der Waals surface area contributed by atoms with Gasteiger partial charge in [0.15, 0.2) is 0 Å². The van der Waals surface area contributed by atoms with Crippen molar-refractivity contribution in [1.82, 2.24) is 5.32 Å². The number of anilines is 1. The predicted octanol–water partition coefficient (Wildman–Crippen LogP) is 1.38. The minimum Gasteiger partial charge on any atom is -0.383 e. The summed E-state index contributed by atoms with van der Waals surface area (Å²) in [6.45, 7) is 0.868. The number of halogens is 1. The Bertz CT molecular complexity index is 312. The fourth-order valence-corrected chi connectivity index (χ4v) is 1.67. The van der Waals surface area contributed by atoms with E-state index in [1.54, 1.807) is 6.07 Å². The fraction of sp³-hybridized carbons (Fsp3) is 0.400. The molecule has 0 aliphatic carbocycles. The first-order valence-electron chi connectivity index (χ1n) is 4.49. The summed E-state index contributed by atoms with van der Waals surface area (Å²) in [7, 11) is 1.95. The van der Waals surface area contributed by atoms with Gasteiger partial charge in [0.05, 0.1) is 0 Å². The molecule has 3 heteroatoms. The van der Waals surface area contributed by atoms with Crippen molar-refractivity contribution in [3.63, 3.8) is 0 Å². The average Bonchev–Trinajstić information content (AvgIpc) is 2.17. The predicted molar refractivity (Wildman–Crippen MR) is 51.4 cm³/mol. The van der Waals surface area contributed by atoms with Gasteiger partial charge in [-0.05, 0) is 31.2 Å². The van der Waals surface area contributed by atoms with Crippen molar-refractivity contribution in [3.05, 3.63) is 29.6 Å². The number of benzene rings is 1. The number of hydrogen-bond acceptors (Lipinski definition) is 2. The molecule has 2 rings (SSSR count). The van der Waals surface area contributed by atoms with Gasteiger partial charge in [0, 0.05) is 18.3 Å². The molecule has 0 bridgehead atoms. The van der Waals surface area contributed by atoms with Crippen LogP contribution in [0.3, 0.4) is 0 Å².